The van der Waals surface area contributed by atoms with Gasteiger partial charge in [0.1, 0.15) is 17.4 Å². The van der Waals surface area contributed by atoms with Gasteiger partial charge in [-0.2, -0.15) is 5.26 Å². The summed E-state index contributed by atoms with van der Waals surface area (Å²) < 4.78 is 6.57. The zero-order chi connectivity index (χ0) is 20.0. The molecule has 0 aliphatic rings. The minimum Gasteiger partial charge on any atom is -0.494 e. The average molecular weight is 368 g/mol. The monoisotopic (exact) mass is 368 g/mol. The summed E-state index contributed by atoms with van der Waals surface area (Å²) in [7, 11) is 1.32. The third kappa shape index (κ3) is 4.37. The second kappa shape index (κ2) is 9.04. The molecule has 0 amide bonds. The van der Waals surface area contributed by atoms with Gasteiger partial charge in [-0.25, -0.2) is 0 Å². The normalized spacial score (nSPS) is 10.4. The van der Waals surface area contributed by atoms with Gasteiger partial charge in [0.15, 0.2) is 5.78 Å². The van der Waals surface area contributed by atoms with Crippen LogP contribution in [0.25, 0.3) is 0 Å². The smallest absolute Gasteiger partial charge is 0.271 e. The maximum absolute atomic E-state index is 12.8. The summed E-state index contributed by atoms with van der Waals surface area (Å²) in [6.45, 7) is 4.26. The van der Waals surface area contributed by atoms with Crippen LogP contribution in [-0.4, -0.2) is 22.1 Å². The Morgan fingerprint density at radius 3 is 2.48 bits per heavy atom. The number of aromatic nitrogens is 1. The van der Waals surface area contributed by atoms with Crippen molar-refractivity contribution in [2.24, 2.45) is 7.05 Å². The van der Waals surface area contributed by atoms with Gasteiger partial charge in [0.05, 0.1) is 12.2 Å². The molecule has 1 aromatic heterocycles. The number of aromatic hydroxyl groups is 1. The lowest BCUT2D eigenvalue weighted by atomic mass is 9.97. The molecule has 0 aliphatic carbocycles. The molecule has 1 N–H and O–H groups in total. The lowest BCUT2D eigenvalue weighted by Gasteiger charge is -2.13. The summed E-state index contributed by atoms with van der Waals surface area (Å²) in [4.78, 5) is 24.9. The van der Waals surface area contributed by atoms with Crippen LogP contribution in [0.15, 0.2) is 29.1 Å². The molecule has 1 heterocycles. The molecule has 0 bridgehead atoms. The number of pyridine rings is 1. The number of benzene rings is 1. The Bertz CT molecular complexity index is 921. The van der Waals surface area contributed by atoms with Gasteiger partial charge in [-0.3, -0.25) is 14.2 Å². The molecule has 0 fully saturated rings. The van der Waals surface area contributed by atoms with Gasteiger partial charge in [-0.15, -0.1) is 0 Å². The summed E-state index contributed by atoms with van der Waals surface area (Å²) in [5.74, 6) is -0.230. The third-order valence-corrected chi connectivity index (χ3v) is 4.53. The Kier molecular flexibility index (Phi) is 6.78. The predicted octanol–water partition coefficient (Wildman–Crippen LogP) is 3.46. The lowest BCUT2D eigenvalue weighted by Crippen LogP contribution is -2.24. The number of ether oxygens (including phenoxy) is 1. The van der Waals surface area contributed by atoms with Gasteiger partial charge in [0.2, 0.25) is 5.88 Å². The van der Waals surface area contributed by atoms with E-state index in [9.17, 15) is 20.0 Å². The molecule has 0 unspecified atom stereocenters. The first-order chi connectivity index (χ1) is 12.9. The van der Waals surface area contributed by atoms with E-state index in [-0.39, 0.29) is 16.7 Å². The van der Waals surface area contributed by atoms with Crippen LogP contribution in [0.1, 0.15) is 59.7 Å². The Morgan fingerprint density at radius 2 is 1.89 bits per heavy atom. The highest BCUT2D eigenvalue weighted by Crippen LogP contribution is 2.25. The topological polar surface area (TPSA) is 92.3 Å². The van der Waals surface area contributed by atoms with Gasteiger partial charge in [0.25, 0.3) is 5.56 Å². The molecular formula is C21H24N2O4. The molecule has 0 saturated carbocycles. The Morgan fingerprint density at radius 1 is 1.22 bits per heavy atom. The van der Waals surface area contributed by atoms with E-state index in [0.29, 0.717) is 17.9 Å². The van der Waals surface area contributed by atoms with E-state index in [2.05, 4.69) is 6.92 Å². The second-order valence-electron chi connectivity index (χ2n) is 6.44. The van der Waals surface area contributed by atoms with Crippen molar-refractivity contribution in [1.82, 2.24) is 4.57 Å². The number of hydrogen-bond donors (Lipinski definition) is 1. The molecule has 0 spiro atoms. The molecule has 6 heteroatoms. The van der Waals surface area contributed by atoms with E-state index in [0.717, 1.165) is 17.4 Å². The Hall–Kier alpha value is -3.07. The van der Waals surface area contributed by atoms with Gasteiger partial charge in [0, 0.05) is 12.6 Å². The lowest BCUT2D eigenvalue weighted by molar-refractivity contribution is 0.103. The number of unbranched alkanes of at least 4 members (excludes halogenated alkanes) is 3. The second-order valence-corrected chi connectivity index (χ2v) is 6.44. The minimum absolute atomic E-state index is 0.0399. The average Bonchev–Trinajstić information content (AvgIpc) is 2.67. The molecule has 142 valence electrons. The van der Waals surface area contributed by atoms with Gasteiger partial charge >= 0.3 is 0 Å². The van der Waals surface area contributed by atoms with Crippen molar-refractivity contribution in [2.75, 3.05) is 6.61 Å². The van der Waals surface area contributed by atoms with Gasteiger partial charge < -0.3 is 9.84 Å². The highest BCUT2D eigenvalue weighted by atomic mass is 16.5. The van der Waals surface area contributed by atoms with Crippen molar-refractivity contribution in [1.29, 1.82) is 5.26 Å². The van der Waals surface area contributed by atoms with Crippen molar-refractivity contribution in [2.45, 2.75) is 39.5 Å². The van der Waals surface area contributed by atoms with Crippen LogP contribution >= 0.6 is 0 Å². The van der Waals surface area contributed by atoms with E-state index >= 15 is 0 Å². The molecule has 0 aliphatic heterocycles. The van der Waals surface area contributed by atoms with Crippen LogP contribution in [0.3, 0.4) is 0 Å². The van der Waals surface area contributed by atoms with E-state index in [1.165, 1.54) is 26.8 Å². The number of hydrogen-bond acceptors (Lipinski definition) is 5. The number of rotatable bonds is 8. The summed E-state index contributed by atoms with van der Waals surface area (Å²) in [5, 5.41) is 19.5. The summed E-state index contributed by atoms with van der Waals surface area (Å²) >= 11 is 0. The van der Waals surface area contributed by atoms with Crippen LogP contribution in [0.2, 0.25) is 0 Å². The van der Waals surface area contributed by atoms with Crippen LogP contribution in [0.5, 0.6) is 11.6 Å². The van der Waals surface area contributed by atoms with Crippen LogP contribution < -0.4 is 10.3 Å². The summed E-state index contributed by atoms with van der Waals surface area (Å²) in [6.07, 6.45) is 4.46. The van der Waals surface area contributed by atoms with E-state index in [4.69, 9.17) is 4.74 Å². The minimum atomic E-state index is -0.629. The SMILES string of the molecule is CCCCCCOc1ccc(C(=O)c2c(C)c(C#N)c(=O)n(C)c2O)cc1. The molecule has 2 rings (SSSR count). The maximum atomic E-state index is 12.8. The molecule has 27 heavy (non-hydrogen) atoms. The van der Waals surface area contributed by atoms with Crippen LogP contribution in [-0.2, 0) is 7.05 Å². The zero-order valence-electron chi connectivity index (χ0n) is 15.9. The largest absolute Gasteiger partial charge is 0.494 e. The number of ketones is 1. The van der Waals surface area contributed by atoms with Gasteiger partial charge in [-0.1, -0.05) is 26.2 Å². The number of nitriles is 1. The summed E-state index contributed by atoms with van der Waals surface area (Å²) in [6, 6.07) is 8.43. The fraction of sp³-hybridized carbons (Fsp3) is 0.381. The first kappa shape index (κ1) is 20.2. The first-order valence-corrected chi connectivity index (χ1v) is 9.02. The zero-order valence-corrected chi connectivity index (χ0v) is 15.9. The number of carbonyl (C=O) groups is 1. The molecule has 0 saturated heterocycles. The van der Waals surface area contributed by atoms with Crippen molar-refractivity contribution in [3.05, 3.63) is 56.9 Å². The molecular weight excluding hydrogens is 344 g/mol. The number of carbonyl (C=O) groups excluding carboxylic acids is 1. The highest BCUT2D eigenvalue weighted by Gasteiger charge is 2.23. The van der Waals surface area contributed by atoms with Crippen molar-refractivity contribution < 1.29 is 14.6 Å². The van der Waals surface area contributed by atoms with Crippen molar-refractivity contribution in [3.63, 3.8) is 0 Å². The third-order valence-electron chi connectivity index (χ3n) is 4.53. The van der Waals surface area contributed by atoms with Crippen molar-refractivity contribution in [3.8, 4) is 17.7 Å². The highest BCUT2D eigenvalue weighted by molar-refractivity contribution is 6.11. The van der Waals surface area contributed by atoms with E-state index < -0.39 is 17.2 Å². The molecule has 0 atom stereocenters. The van der Waals surface area contributed by atoms with Crippen molar-refractivity contribution >= 4 is 5.78 Å². The standard InChI is InChI=1S/C21H24N2O4/c1-4-5-6-7-12-27-16-10-8-15(9-11-16)19(24)18-14(2)17(13-22)20(25)23(3)21(18)26/h8-11,26H,4-7,12H2,1-3H3. The van der Waals surface area contributed by atoms with Gasteiger partial charge in [-0.05, 0) is 43.2 Å². The molecule has 0 radical (unpaired) electrons. The summed E-state index contributed by atoms with van der Waals surface area (Å²) in [5.41, 5.74) is -0.294. The molecule has 6 nitrogen and oxygen atoms in total. The first-order valence-electron chi connectivity index (χ1n) is 9.02. The molecule has 2 aromatic rings. The number of nitrogens with zero attached hydrogens (tertiary/aromatic N) is 2. The Balaban J connectivity index is 2.23. The van der Waals surface area contributed by atoms with E-state index in [1.807, 2.05) is 6.07 Å². The van der Waals surface area contributed by atoms with Crippen LogP contribution in [0.4, 0.5) is 0 Å². The van der Waals surface area contributed by atoms with E-state index in [1.54, 1.807) is 24.3 Å². The predicted molar refractivity (Wildman–Crippen MR) is 102 cm³/mol. The maximum Gasteiger partial charge on any atom is 0.271 e. The molecule has 1 aromatic carbocycles. The van der Waals surface area contributed by atoms with Crippen LogP contribution in [0, 0.1) is 18.3 Å². The fourth-order valence-electron chi connectivity index (χ4n) is 2.85. The quantitative estimate of drug-likeness (QED) is 0.569. The fourth-order valence-corrected chi connectivity index (χ4v) is 2.85. The Labute approximate surface area is 158 Å².